The van der Waals surface area contributed by atoms with Crippen LogP contribution in [0.15, 0.2) is 35.2 Å². The lowest BCUT2D eigenvalue weighted by Gasteiger charge is -2.28. The van der Waals surface area contributed by atoms with Crippen LogP contribution >= 0.6 is 0 Å². The van der Waals surface area contributed by atoms with Crippen molar-refractivity contribution in [2.24, 2.45) is 0 Å². The van der Waals surface area contributed by atoms with Gasteiger partial charge >= 0.3 is 0 Å². The van der Waals surface area contributed by atoms with Crippen LogP contribution in [0.1, 0.15) is 70.6 Å². The number of rotatable bonds is 13. The molecule has 0 spiro atoms. The van der Waals surface area contributed by atoms with E-state index in [1.807, 2.05) is 0 Å². The first-order chi connectivity index (χ1) is 14.0. The second-order valence-corrected chi connectivity index (χ2v) is 9.70. The number of benzene rings is 1. The van der Waals surface area contributed by atoms with Crippen molar-refractivity contribution in [3.8, 4) is 0 Å². The second kappa shape index (κ2) is 13.0. The largest absolute Gasteiger partial charge is 0.392 e. The van der Waals surface area contributed by atoms with E-state index in [1.54, 1.807) is 18.2 Å². The lowest BCUT2D eigenvalue weighted by atomic mass is 10.0. The number of unbranched alkanes of at least 4 members (excludes halogenated alkanes) is 5. The Morgan fingerprint density at radius 3 is 2.28 bits per heavy atom. The van der Waals surface area contributed by atoms with Crippen LogP contribution in [0, 0.1) is 0 Å². The molecule has 0 radical (unpaired) electrons. The number of hydrogen-bond acceptors (Lipinski definition) is 5. The molecule has 1 aliphatic rings. The minimum absolute atomic E-state index is 0.107. The maximum atomic E-state index is 12.1. The van der Waals surface area contributed by atoms with Crippen LogP contribution in [0.25, 0.3) is 0 Å². The third-order valence-corrected chi connectivity index (χ3v) is 6.80. The Hall–Kier alpha value is -1.44. The van der Waals surface area contributed by atoms with Gasteiger partial charge in [0.1, 0.15) is 0 Å². The zero-order valence-corrected chi connectivity index (χ0v) is 18.2. The minimum Gasteiger partial charge on any atom is -0.392 e. The summed E-state index contributed by atoms with van der Waals surface area (Å²) in [4.78, 5) is 14.4. The third kappa shape index (κ3) is 9.74. The molecule has 6 nitrogen and oxygen atoms in total. The van der Waals surface area contributed by atoms with Gasteiger partial charge < -0.3 is 10.0 Å². The Bertz CT molecular complexity index is 688. The number of piperidine rings is 1. The fourth-order valence-electron chi connectivity index (χ4n) is 3.76. The molecule has 7 heteroatoms. The van der Waals surface area contributed by atoms with Gasteiger partial charge in [-0.25, -0.2) is 13.1 Å². The number of amides is 1. The molecule has 1 aromatic rings. The second-order valence-electron chi connectivity index (χ2n) is 8.02. The Labute approximate surface area is 175 Å². The van der Waals surface area contributed by atoms with E-state index in [1.165, 1.54) is 31.4 Å². The van der Waals surface area contributed by atoms with E-state index in [0.29, 0.717) is 6.42 Å². The molecule has 0 aromatic heterocycles. The van der Waals surface area contributed by atoms with Crippen molar-refractivity contribution in [2.75, 3.05) is 19.6 Å². The van der Waals surface area contributed by atoms with Gasteiger partial charge in [0.05, 0.1) is 11.0 Å². The molecule has 2 rings (SSSR count). The van der Waals surface area contributed by atoms with Gasteiger partial charge in [0.25, 0.3) is 10.0 Å². The zero-order valence-electron chi connectivity index (χ0n) is 17.4. The summed E-state index contributed by atoms with van der Waals surface area (Å²) in [6, 6.07) is 7.94. The summed E-state index contributed by atoms with van der Waals surface area (Å²) >= 11 is 0. The van der Waals surface area contributed by atoms with Crippen molar-refractivity contribution in [2.45, 2.75) is 81.6 Å². The minimum atomic E-state index is -3.76. The molecule has 1 atom stereocenters. The number of sulfonamides is 1. The van der Waals surface area contributed by atoms with Gasteiger partial charge in [-0.1, -0.05) is 56.7 Å². The molecule has 1 aliphatic heterocycles. The average Bonchev–Trinajstić information content (AvgIpc) is 2.71. The molecule has 1 unspecified atom stereocenters. The highest BCUT2D eigenvalue weighted by Crippen LogP contribution is 2.13. The van der Waals surface area contributed by atoms with Gasteiger partial charge in [-0.15, -0.1) is 0 Å². The predicted octanol–water partition coefficient (Wildman–Crippen LogP) is 3.46. The maximum Gasteiger partial charge on any atom is 0.264 e. The number of nitrogens with one attached hydrogen (secondary N) is 1. The summed E-state index contributed by atoms with van der Waals surface area (Å²) in [7, 11) is -3.76. The quantitative estimate of drug-likeness (QED) is 0.474. The number of nitrogens with zero attached hydrogens (tertiary/aromatic N) is 1. The van der Waals surface area contributed by atoms with Crippen molar-refractivity contribution in [3.05, 3.63) is 30.3 Å². The molecule has 2 N–H and O–H groups in total. The zero-order chi connectivity index (χ0) is 21.0. The van der Waals surface area contributed by atoms with Gasteiger partial charge in [0.2, 0.25) is 5.91 Å². The fourth-order valence-corrected chi connectivity index (χ4v) is 4.80. The molecular formula is C22H36N2O4S. The van der Waals surface area contributed by atoms with Gasteiger partial charge in [-0.05, 0) is 50.9 Å². The van der Waals surface area contributed by atoms with E-state index in [9.17, 15) is 18.3 Å². The number of carbonyl (C=O) groups excluding carboxylic acids is 1. The number of β-amino-alcohol motifs (C(OH)–C–C–N with tert-alkyl or cyclic N) is 1. The molecular weight excluding hydrogens is 388 g/mol. The number of aliphatic hydroxyl groups is 1. The van der Waals surface area contributed by atoms with Crippen LogP contribution < -0.4 is 4.72 Å². The van der Waals surface area contributed by atoms with Crippen LogP contribution in [0.5, 0.6) is 0 Å². The SMILES string of the molecule is O=C(CCCCCCCCC(O)CN1CCCCC1)NS(=O)(=O)c1ccccc1. The normalized spacial score (nSPS) is 16.4. The lowest BCUT2D eigenvalue weighted by molar-refractivity contribution is -0.119. The molecule has 1 saturated heterocycles. The highest BCUT2D eigenvalue weighted by atomic mass is 32.2. The third-order valence-electron chi connectivity index (χ3n) is 5.41. The van der Waals surface area contributed by atoms with E-state index in [0.717, 1.165) is 58.2 Å². The number of hydrogen-bond donors (Lipinski definition) is 2. The summed E-state index contributed by atoms with van der Waals surface area (Å²) in [5.41, 5.74) is 0. The first-order valence-corrected chi connectivity index (χ1v) is 12.5. The standard InChI is InChI=1S/C22H36N2O4S/c25-20(19-24-17-11-6-12-18-24)13-7-3-1-2-4-10-16-22(26)23-29(27,28)21-14-8-5-9-15-21/h5,8-9,14-15,20,25H,1-4,6-7,10-13,16-19H2,(H,23,26). The highest BCUT2D eigenvalue weighted by Gasteiger charge is 2.16. The van der Waals surface area contributed by atoms with E-state index in [2.05, 4.69) is 9.62 Å². The lowest BCUT2D eigenvalue weighted by Crippen LogP contribution is -2.36. The van der Waals surface area contributed by atoms with Crippen LogP contribution in [0.2, 0.25) is 0 Å². The maximum absolute atomic E-state index is 12.1. The summed E-state index contributed by atoms with van der Waals surface area (Å²) in [5.74, 6) is -0.449. The number of likely N-dealkylation sites (tertiary alicyclic amines) is 1. The van der Waals surface area contributed by atoms with Crippen molar-refractivity contribution >= 4 is 15.9 Å². The van der Waals surface area contributed by atoms with Crippen LogP contribution in [0.4, 0.5) is 0 Å². The fraction of sp³-hybridized carbons (Fsp3) is 0.682. The van der Waals surface area contributed by atoms with Crippen LogP contribution in [-0.4, -0.2) is 50.1 Å². The topological polar surface area (TPSA) is 86.7 Å². The summed E-state index contributed by atoms with van der Waals surface area (Å²) < 4.78 is 26.3. The molecule has 29 heavy (non-hydrogen) atoms. The number of aliphatic hydroxyl groups excluding tert-OH is 1. The molecule has 0 bridgehead atoms. The van der Waals surface area contributed by atoms with Gasteiger partial charge in [-0.3, -0.25) is 4.79 Å². The number of carbonyl (C=O) groups is 1. The van der Waals surface area contributed by atoms with E-state index in [-0.39, 0.29) is 17.4 Å². The Morgan fingerprint density at radius 2 is 1.59 bits per heavy atom. The monoisotopic (exact) mass is 424 g/mol. The summed E-state index contributed by atoms with van der Waals surface area (Å²) in [5, 5.41) is 10.1. The smallest absolute Gasteiger partial charge is 0.264 e. The molecule has 1 fully saturated rings. The van der Waals surface area contributed by atoms with Gasteiger partial charge in [-0.2, -0.15) is 0 Å². The molecule has 1 amide bonds. The summed E-state index contributed by atoms with van der Waals surface area (Å²) in [6.45, 7) is 3.05. The molecule has 0 saturated carbocycles. The van der Waals surface area contributed by atoms with E-state index >= 15 is 0 Å². The summed E-state index contributed by atoms with van der Waals surface area (Å²) in [6.07, 6.45) is 10.5. The van der Waals surface area contributed by atoms with Gasteiger partial charge in [0.15, 0.2) is 0 Å². The van der Waals surface area contributed by atoms with Crippen molar-refractivity contribution in [1.82, 2.24) is 9.62 Å². The Kier molecular flexibility index (Phi) is 10.7. The predicted molar refractivity (Wildman–Crippen MR) is 115 cm³/mol. The average molecular weight is 425 g/mol. The van der Waals surface area contributed by atoms with Crippen LogP contribution in [0.3, 0.4) is 0 Å². The van der Waals surface area contributed by atoms with E-state index < -0.39 is 15.9 Å². The first kappa shape index (κ1) is 23.8. The van der Waals surface area contributed by atoms with Gasteiger partial charge in [0, 0.05) is 13.0 Å². The Morgan fingerprint density at radius 1 is 0.966 bits per heavy atom. The van der Waals surface area contributed by atoms with Crippen molar-refractivity contribution in [3.63, 3.8) is 0 Å². The molecule has 1 heterocycles. The molecule has 1 aromatic carbocycles. The molecule has 164 valence electrons. The highest BCUT2D eigenvalue weighted by molar-refractivity contribution is 7.90. The van der Waals surface area contributed by atoms with Crippen LogP contribution in [-0.2, 0) is 14.8 Å². The van der Waals surface area contributed by atoms with Crippen molar-refractivity contribution in [1.29, 1.82) is 0 Å². The first-order valence-electron chi connectivity index (χ1n) is 11.0. The molecule has 0 aliphatic carbocycles. The Balaban J connectivity index is 1.47. The van der Waals surface area contributed by atoms with Crippen molar-refractivity contribution < 1.29 is 18.3 Å². The van der Waals surface area contributed by atoms with E-state index in [4.69, 9.17) is 0 Å².